The van der Waals surface area contributed by atoms with Crippen LogP contribution in [0.1, 0.15) is 44.9 Å². The summed E-state index contributed by atoms with van der Waals surface area (Å²) in [5.74, 6) is 1.02. The molecular formula is C15H29N3O. The Labute approximate surface area is 117 Å². The molecule has 110 valence electrons. The monoisotopic (exact) mass is 267 g/mol. The van der Waals surface area contributed by atoms with Crippen molar-refractivity contribution in [1.29, 1.82) is 0 Å². The van der Waals surface area contributed by atoms with Gasteiger partial charge in [-0.2, -0.15) is 0 Å². The Kier molecular flexibility index (Phi) is 6.11. The van der Waals surface area contributed by atoms with E-state index >= 15 is 0 Å². The zero-order valence-electron chi connectivity index (χ0n) is 12.3. The number of carbonyl (C=O) groups excluding carboxylic acids is 1. The second-order valence-electron chi connectivity index (χ2n) is 6.18. The van der Waals surface area contributed by atoms with E-state index in [1.54, 1.807) is 0 Å². The quantitative estimate of drug-likeness (QED) is 0.808. The number of hydrogen-bond donors (Lipinski definition) is 2. The third-order valence-electron chi connectivity index (χ3n) is 4.57. The summed E-state index contributed by atoms with van der Waals surface area (Å²) in [6, 6.07) is 0.0555. The molecule has 19 heavy (non-hydrogen) atoms. The second kappa shape index (κ2) is 7.85. The molecule has 0 bridgehead atoms. The average Bonchev–Trinajstić information content (AvgIpc) is 2.70. The fourth-order valence-electron chi connectivity index (χ4n) is 3.13. The first-order chi connectivity index (χ1) is 9.25. The number of rotatable bonds is 4. The van der Waals surface area contributed by atoms with Gasteiger partial charge in [0, 0.05) is 6.54 Å². The molecule has 0 radical (unpaired) electrons. The predicted octanol–water partition coefficient (Wildman–Crippen LogP) is 1.37. The van der Waals surface area contributed by atoms with E-state index in [4.69, 9.17) is 0 Å². The normalized spacial score (nSPS) is 26.9. The van der Waals surface area contributed by atoms with Crippen LogP contribution in [0.15, 0.2) is 0 Å². The molecule has 0 saturated carbocycles. The summed E-state index contributed by atoms with van der Waals surface area (Å²) in [6.07, 6.45) is 8.36. The van der Waals surface area contributed by atoms with Crippen molar-refractivity contribution in [3.8, 4) is 0 Å². The van der Waals surface area contributed by atoms with E-state index in [2.05, 4.69) is 22.6 Å². The van der Waals surface area contributed by atoms with Gasteiger partial charge in [0.15, 0.2) is 0 Å². The van der Waals surface area contributed by atoms with Gasteiger partial charge in [0.1, 0.15) is 0 Å². The Bertz CT molecular complexity index is 267. The summed E-state index contributed by atoms with van der Waals surface area (Å²) in [4.78, 5) is 14.5. The Morgan fingerprint density at radius 1 is 1.21 bits per heavy atom. The van der Waals surface area contributed by atoms with Crippen LogP contribution in [0.25, 0.3) is 0 Å². The number of amides is 1. The van der Waals surface area contributed by atoms with E-state index < -0.39 is 0 Å². The Balaban J connectivity index is 1.60. The zero-order chi connectivity index (χ0) is 13.5. The first-order valence-corrected chi connectivity index (χ1v) is 7.95. The maximum atomic E-state index is 12.1. The fraction of sp³-hybridized carbons (Fsp3) is 0.933. The van der Waals surface area contributed by atoms with Crippen molar-refractivity contribution in [3.63, 3.8) is 0 Å². The van der Waals surface area contributed by atoms with Gasteiger partial charge >= 0.3 is 0 Å². The lowest BCUT2D eigenvalue weighted by Crippen LogP contribution is -2.44. The van der Waals surface area contributed by atoms with Crippen LogP contribution in [0.4, 0.5) is 0 Å². The van der Waals surface area contributed by atoms with E-state index in [0.717, 1.165) is 31.8 Å². The molecule has 2 N–H and O–H groups in total. The Morgan fingerprint density at radius 2 is 2.00 bits per heavy atom. The van der Waals surface area contributed by atoms with E-state index in [0.29, 0.717) is 0 Å². The first kappa shape index (κ1) is 14.8. The molecule has 1 amide bonds. The maximum absolute atomic E-state index is 12.1. The topological polar surface area (TPSA) is 44.4 Å². The summed E-state index contributed by atoms with van der Waals surface area (Å²) < 4.78 is 0. The number of hydrogen-bond acceptors (Lipinski definition) is 3. The van der Waals surface area contributed by atoms with Crippen LogP contribution in [0, 0.1) is 5.92 Å². The van der Waals surface area contributed by atoms with E-state index in [9.17, 15) is 4.79 Å². The molecule has 2 aliphatic rings. The lowest BCUT2D eigenvalue weighted by atomic mass is 9.94. The highest BCUT2D eigenvalue weighted by Crippen LogP contribution is 2.18. The van der Waals surface area contributed by atoms with Gasteiger partial charge in [-0.3, -0.25) is 4.79 Å². The van der Waals surface area contributed by atoms with E-state index in [1.165, 1.54) is 45.2 Å². The molecule has 1 unspecified atom stereocenters. The molecule has 2 rings (SSSR count). The van der Waals surface area contributed by atoms with Crippen molar-refractivity contribution in [2.24, 2.45) is 5.92 Å². The molecule has 2 saturated heterocycles. The molecule has 0 spiro atoms. The number of nitrogens with one attached hydrogen (secondary N) is 2. The third-order valence-corrected chi connectivity index (χ3v) is 4.57. The number of carbonyl (C=O) groups is 1. The summed E-state index contributed by atoms with van der Waals surface area (Å²) >= 11 is 0. The molecule has 1 atom stereocenters. The predicted molar refractivity (Wildman–Crippen MR) is 78.1 cm³/mol. The Hall–Kier alpha value is -0.610. The maximum Gasteiger partial charge on any atom is 0.237 e. The van der Waals surface area contributed by atoms with Gasteiger partial charge in [-0.25, -0.2) is 0 Å². The van der Waals surface area contributed by atoms with Gasteiger partial charge in [-0.1, -0.05) is 12.8 Å². The summed E-state index contributed by atoms with van der Waals surface area (Å²) in [5.41, 5.74) is 0. The standard InChI is InChI=1S/C15H29N3O/c1-18-11-7-13(8-12-18)6-10-17-15(19)14-5-3-2-4-9-16-14/h13-14,16H,2-12H2,1H3,(H,17,19). The molecule has 0 aromatic rings. The lowest BCUT2D eigenvalue weighted by Gasteiger charge is -2.29. The number of piperidine rings is 1. The molecule has 0 aromatic heterocycles. The third kappa shape index (κ3) is 5.11. The van der Waals surface area contributed by atoms with Crippen molar-refractivity contribution >= 4 is 5.91 Å². The highest BCUT2D eigenvalue weighted by Gasteiger charge is 2.20. The minimum atomic E-state index is 0.0555. The van der Waals surface area contributed by atoms with Gasteiger partial charge in [0.2, 0.25) is 5.91 Å². The first-order valence-electron chi connectivity index (χ1n) is 7.95. The molecule has 2 heterocycles. The zero-order valence-corrected chi connectivity index (χ0v) is 12.3. The molecular weight excluding hydrogens is 238 g/mol. The minimum Gasteiger partial charge on any atom is -0.355 e. The van der Waals surface area contributed by atoms with Crippen molar-refractivity contribution in [3.05, 3.63) is 0 Å². The molecule has 4 nitrogen and oxygen atoms in total. The van der Waals surface area contributed by atoms with Crippen LogP contribution in [-0.2, 0) is 4.79 Å². The van der Waals surface area contributed by atoms with E-state index in [1.807, 2.05) is 0 Å². The lowest BCUT2D eigenvalue weighted by molar-refractivity contribution is -0.123. The van der Waals surface area contributed by atoms with Crippen molar-refractivity contribution in [2.75, 3.05) is 33.2 Å². The van der Waals surface area contributed by atoms with Crippen LogP contribution in [0.2, 0.25) is 0 Å². The SMILES string of the molecule is CN1CCC(CCNC(=O)C2CCCCCN2)CC1. The van der Waals surface area contributed by atoms with Crippen LogP contribution in [0.3, 0.4) is 0 Å². The molecule has 2 aliphatic heterocycles. The number of likely N-dealkylation sites (tertiary alicyclic amines) is 1. The molecule has 2 fully saturated rings. The summed E-state index contributed by atoms with van der Waals surface area (Å²) in [5, 5.41) is 6.48. The molecule has 0 aliphatic carbocycles. The largest absolute Gasteiger partial charge is 0.355 e. The van der Waals surface area contributed by atoms with Crippen LogP contribution < -0.4 is 10.6 Å². The highest BCUT2D eigenvalue weighted by molar-refractivity contribution is 5.81. The van der Waals surface area contributed by atoms with Crippen molar-refractivity contribution < 1.29 is 4.79 Å². The van der Waals surface area contributed by atoms with Crippen LogP contribution >= 0.6 is 0 Å². The van der Waals surface area contributed by atoms with Crippen LogP contribution in [0.5, 0.6) is 0 Å². The smallest absolute Gasteiger partial charge is 0.237 e. The van der Waals surface area contributed by atoms with Gasteiger partial charge < -0.3 is 15.5 Å². The summed E-state index contributed by atoms with van der Waals surface area (Å²) in [6.45, 7) is 4.27. The van der Waals surface area contributed by atoms with Gasteiger partial charge in [0.25, 0.3) is 0 Å². The number of nitrogens with zero attached hydrogens (tertiary/aromatic N) is 1. The molecule has 4 heteroatoms. The average molecular weight is 267 g/mol. The van der Waals surface area contributed by atoms with Gasteiger partial charge in [-0.05, 0) is 64.7 Å². The van der Waals surface area contributed by atoms with Gasteiger partial charge in [0.05, 0.1) is 6.04 Å². The Morgan fingerprint density at radius 3 is 2.79 bits per heavy atom. The minimum absolute atomic E-state index is 0.0555. The van der Waals surface area contributed by atoms with Crippen LogP contribution in [-0.4, -0.2) is 50.1 Å². The van der Waals surface area contributed by atoms with Crippen molar-refractivity contribution in [2.45, 2.75) is 51.0 Å². The summed E-state index contributed by atoms with van der Waals surface area (Å²) in [7, 11) is 2.19. The van der Waals surface area contributed by atoms with E-state index in [-0.39, 0.29) is 11.9 Å². The molecule has 0 aromatic carbocycles. The fourth-order valence-corrected chi connectivity index (χ4v) is 3.13. The van der Waals surface area contributed by atoms with Crippen molar-refractivity contribution in [1.82, 2.24) is 15.5 Å². The second-order valence-corrected chi connectivity index (χ2v) is 6.18. The van der Waals surface area contributed by atoms with Gasteiger partial charge in [-0.15, -0.1) is 0 Å². The highest BCUT2D eigenvalue weighted by atomic mass is 16.2.